The minimum Gasteiger partial charge on any atom is -0.376 e. The van der Waals surface area contributed by atoms with Gasteiger partial charge >= 0.3 is 0 Å². The molecule has 2 N–H and O–H groups in total. The van der Waals surface area contributed by atoms with Crippen molar-refractivity contribution in [1.29, 1.82) is 0 Å². The summed E-state index contributed by atoms with van der Waals surface area (Å²) in [5.74, 6) is 0.856. The predicted molar refractivity (Wildman–Crippen MR) is 114 cm³/mol. The Bertz CT molecular complexity index is 968. The Labute approximate surface area is 170 Å². The molecule has 6 heteroatoms. The fraction of sp³-hybridized carbons (Fsp3) is 0.261. The summed E-state index contributed by atoms with van der Waals surface area (Å²) in [6.07, 6.45) is 2.29. The SMILES string of the molecule is Cc1ccc(NC(=O)c2cc(NCC3CCCO3)nc(-c3ccccc3)n2)cc1. The molecule has 1 atom stereocenters. The molecule has 1 aromatic heterocycles. The number of aryl methyl sites for hydroxylation is 1. The van der Waals surface area contributed by atoms with Crippen molar-refractivity contribution in [2.75, 3.05) is 23.8 Å². The van der Waals surface area contributed by atoms with Crippen LogP contribution in [0, 0.1) is 6.92 Å². The number of anilines is 2. The average Bonchev–Trinajstić information content (AvgIpc) is 3.28. The molecule has 148 valence electrons. The lowest BCUT2D eigenvalue weighted by Gasteiger charge is -2.13. The molecule has 2 heterocycles. The molecule has 29 heavy (non-hydrogen) atoms. The topological polar surface area (TPSA) is 76.1 Å². The second-order valence-electron chi connectivity index (χ2n) is 7.16. The number of rotatable bonds is 6. The number of ether oxygens (including phenoxy) is 1. The minimum atomic E-state index is -0.270. The van der Waals surface area contributed by atoms with E-state index in [1.165, 1.54) is 0 Å². The van der Waals surface area contributed by atoms with Crippen molar-refractivity contribution < 1.29 is 9.53 Å². The predicted octanol–water partition coefficient (Wildman–Crippen LogP) is 4.30. The molecule has 2 aromatic carbocycles. The fourth-order valence-corrected chi connectivity index (χ4v) is 3.23. The van der Waals surface area contributed by atoms with Crippen LogP contribution in [0.15, 0.2) is 60.7 Å². The molecule has 0 aliphatic carbocycles. The number of amides is 1. The third-order valence-corrected chi connectivity index (χ3v) is 4.84. The van der Waals surface area contributed by atoms with Crippen LogP contribution in [0.5, 0.6) is 0 Å². The Hall–Kier alpha value is -3.25. The smallest absolute Gasteiger partial charge is 0.274 e. The summed E-state index contributed by atoms with van der Waals surface area (Å²) in [5.41, 5.74) is 3.04. The highest BCUT2D eigenvalue weighted by atomic mass is 16.5. The fourth-order valence-electron chi connectivity index (χ4n) is 3.23. The molecule has 0 saturated carbocycles. The average molecular weight is 388 g/mol. The third kappa shape index (κ3) is 4.97. The van der Waals surface area contributed by atoms with Crippen molar-refractivity contribution in [3.8, 4) is 11.4 Å². The van der Waals surface area contributed by atoms with E-state index in [1.807, 2.05) is 61.5 Å². The van der Waals surface area contributed by atoms with Gasteiger partial charge in [0.1, 0.15) is 11.5 Å². The summed E-state index contributed by atoms with van der Waals surface area (Å²) in [5, 5.41) is 6.21. The number of nitrogens with zero attached hydrogens (tertiary/aromatic N) is 2. The van der Waals surface area contributed by atoms with E-state index in [0.717, 1.165) is 36.3 Å². The van der Waals surface area contributed by atoms with Gasteiger partial charge in [0.25, 0.3) is 5.91 Å². The van der Waals surface area contributed by atoms with Crippen LogP contribution < -0.4 is 10.6 Å². The van der Waals surface area contributed by atoms with E-state index >= 15 is 0 Å². The summed E-state index contributed by atoms with van der Waals surface area (Å²) in [4.78, 5) is 22.0. The summed E-state index contributed by atoms with van der Waals surface area (Å²) < 4.78 is 5.67. The highest BCUT2D eigenvalue weighted by Gasteiger charge is 2.17. The number of aromatic nitrogens is 2. The normalized spacial score (nSPS) is 15.8. The second kappa shape index (κ2) is 8.84. The zero-order valence-corrected chi connectivity index (χ0v) is 16.4. The van der Waals surface area contributed by atoms with Gasteiger partial charge < -0.3 is 15.4 Å². The van der Waals surface area contributed by atoms with E-state index in [4.69, 9.17) is 4.74 Å². The summed E-state index contributed by atoms with van der Waals surface area (Å²) >= 11 is 0. The van der Waals surface area contributed by atoms with Crippen LogP contribution in [0.1, 0.15) is 28.9 Å². The lowest BCUT2D eigenvalue weighted by Crippen LogP contribution is -2.20. The third-order valence-electron chi connectivity index (χ3n) is 4.84. The van der Waals surface area contributed by atoms with Crippen molar-refractivity contribution in [3.63, 3.8) is 0 Å². The Kier molecular flexibility index (Phi) is 5.81. The molecule has 0 radical (unpaired) electrons. The standard InChI is InChI=1S/C23H24N4O2/c1-16-9-11-18(12-10-16)25-23(28)20-14-21(24-15-19-8-5-13-29-19)27-22(26-20)17-6-3-2-4-7-17/h2-4,6-7,9-12,14,19H,5,8,13,15H2,1H3,(H,25,28)(H,24,26,27). The van der Waals surface area contributed by atoms with Crippen LogP contribution in [-0.4, -0.2) is 35.1 Å². The molecular weight excluding hydrogens is 364 g/mol. The van der Waals surface area contributed by atoms with Crippen molar-refractivity contribution in [2.24, 2.45) is 0 Å². The number of hydrogen-bond donors (Lipinski definition) is 2. The van der Waals surface area contributed by atoms with E-state index in [-0.39, 0.29) is 12.0 Å². The lowest BCUT2D eigenvalue weighted by atomic mass is 10.2. The number of nitrogens with one attached hydrogen (secondary N) is 2. The van der Waals surface area contributed by atoms with Gasteiger partial charge in [-0.2, -0.15) is 0 Å². The van der Waals surface area contributed by atoms with Crippen LogP contribution in [0.3, 0.4) is 0 Å². The quantitative estimate of drug-likeness (QED) is 0.659. The molecule has 4 rings (SSSR count). The first-order chi connectivity index (χ1) is 14.2. The first-order valence-electron chi connectivity index (χ1n) is 9.85. The molecule has 1 saturated heterocycles. The van der Waals surface area contributed by atoms with Gasteiger partial charge in [0.2, 0.25) is 0 Å². The van der Waals surface area contributed by atoms with E-state index in [9.17, 15) is 4.79 Å². The minimum absolute atomic E-state index is 0.176. The Morgan fingerprint density at radius 2 is 1.90 bits per heavy atom. The molecule has 6 nitrogen and oxygen atoms in total. The number of carbonyl (C=O) groups excluding carboxylic acids is 1. The molecule has 1 fully saturated rings. The van der Waals surface area contributed by atoms with Crippen LogP contribution in [0.25, 0.3) is 11.4 Å². The van der Waals surface area contributed by atoms with Gasteiger partial charge in [-0.25, -0.2) is 9.97 Å². The Balaban J connectivity index is 1.59. The lowest BCUT2D eigenvalue weighted by molar-refractivity contribution is 0.102. The summed E-state index contributed by atoms with van der Waals surface area (Å²) in [6.45, 7) is 3.47. The molecule has 1 aliphatic heterocycles. The molecule has 0 spiro atoms. The monoisotopic (exact) mass is 388 g/mol. The van der Waals surface area contributed by atoms with E-state index < -0.39 is 0 Å². The van der Waals surface area contributed by atoms with Gasteiger partial charge in [-0.15, -0.1) is 0 Å². The largest absolute Gasteiger partial charge is 0.376 e. The molecule has 3 aromatic rings. The summed E-state index contributed by atoms with van der Waals surface area (Å²) in [6, 6.07) is 19.0. The zero-order chi connectivity index (χ0) is 20.1. The van der Waals surface area contributed by atoms with Crippen molar-refractivity contribution >= 4 is 17.4 Å². The van der Waals surface area contributed by atoms with Crippen LogP contribution >= 0.6 is 0 Å². The van der Waals surface area contributed by atoms with Crippen molar-refractivity contribution in [1.82, 2.24) is 9.97 Å². The van der Waals surface area contributed by atoms with Gasteiger partial charge in [0, 0.05) is 30.5 Å². The maximum absolute atomic E-state index is 12.8. The Morgan fingerprint density at radius 1 is 1.10 bits per heavy atom. The summed E-state index contributed by atoms with van der Waals surface area (Å²) in [7, 11) is 0. The maximum Gasteiger partial charge on any atom is 0.274 e. The molecule has 1 amide bonds. The molecule has 1 aliphatic rings. The maximum atomic E-state index is 12.8. The number of benzene rings is 2. The van der Waals surface area contributed by atoms with Gasteiger partial charge in [-0.3, -0.25) is 4.79 Å². The van der Waals surface area contributed by atoms with Gasteiger partial charge in [-0.05, 0) is 31.9 Å². The highest BCUT2D eigenvalue weighted by Crippen LogP contribution is 2.20. The van der Waals surface area contributed by atoms with E-state index in [0.29, 0.717) is 23.9 Å². The zero-order valence-electron chi connectivity index (χ0n) is 16.4. The van der Waals surface area contributed by atoms with Crippen LogP contribution in [-0.2, 0) is 4.74 Å². The van der Waals surface area contributed by atoms with Crippen LogP contribution in [0.4, 0.5) is 11.5 Å². The molecular formula is C23H24N4O2. The van der Waals surface area contributed by atoms with Crippen molar-refractivity contribution in [2.45, 2.75) is 25.9 Å². The van der Waals surface area contributed by atoms with Gasteiger partial charge in [0.05, 0.1) is 6.10 Å². The second-order valence-corrected chi connectivity index (χ2v) is 7.16. The van der Waals surface area contributed by atoms with Gasteiger partial charge in [-0.1, -0.05) is 48.0 Å². The van der Waals surface area contributed by atoms with E-state index in [2.05, 4.69) is 20.6 Å². The number of carbonyl (C=O) groups is 1. The highest BCUT2D eigenvalue weighted by molar-refractivity contribution is 6.03. The Morgan fingerprint density at radius 3 is 2.62 bits per heavy atom. The molecule has 0 bridgehead atoms. The number of hydrogen-bond acceptors (Lipinski definition) is 5. The van der Waals surface area contributed by atoms with E-state index in [1.54, 1.807) is 6.07 Å². The van der Waals surface area contributed by atoms with Crippen molar-refractivity contribution in [3.05, 3.63) is 71.9 Å². The first-order valence-corrected chi connectivity index (χ1v) is 9.85. The van der Waals surface area contributed by atoms with Crippen LogP contribution in [0.2, 0.25) is 0 Å². The first kappa shape index (κ1) is 19.1. The molecule has 1 unspecified atom stereocenters. The van der Waals surface area contributed by atoms with Gasteiger partial charge in [0.15, 0.2) is 5.82 Å².